The maximum Gasteiger partial charge on any atom is 0.234 e. The van der Waals surface area contributed by atoms with Gasteiger partial charge in [-0.05, 0) is 42.7 Å². The number of anilines is 1. The van der Waals surface area contributed by atoms with Gasteiger partial charge in [-0.25, -0.2) is 4.39 Å². The lowest BCUT2D eigenvalue weighted by atomic mass is 10.2. The number of benzene rings is 2. The number of nitrogens with one attached hydrogen (secondary N) is 1. The van der Waals surface area contributed by atoms with Crippen LogP contribution in [-0.4, -0.2) is 33.5 Å². The molecule has 0 aliphatic heterocycles. The zero-order chi connectivity index (χ0) is 21.7. The molecule has 158 valence electrons. The van der Waals surface area contributed by atoms with Crippen molar-refractivity contribution in [3.8, 4) is 17.1 Å². The highest BCUT2D eigenvalue weighted by atomic mass is 32.2. The third-order valence-corrected chi connectivity index (χ3v) is 5.31. The molecule has 0 spiro atoms. The summed E-state index contributed by atoms with van der Waals surface area (Å²) in [7, 11) is 1.56. The molecular formula is C22H25FN4O2S. The van der Waals surface area contributed by atoms with Crippen LogP contribution in [0.4, 0.5) is 10.1 Å². The number of hydrogen-bond donors (Lipinski definition) is 1. The summed E-state index contributed by atoms with van der Waals surface area (Å²) >= 11 is 1.27. The molecule has 0 aliphatic carbocycles. The van der Waals surface area contributed by atoms with Crippen molar-refractivity contribution in [3.05, 3.63) is 53.8 Å². The van der Waals surface area contributed by atoms with Crippen molar-refractivity contribution in [3.63, 3.8) is 0 Å². The normalized spacial score (nSPS) is 11.0. The number of aromatic nitrogens is 3. The first-order chi connectivity index (χ1) is 14.4. The van der Waals surface area contributed by atoms with Crippen LogP contribution < -0.4 is 10.1 Å². The quantitative estimate of drug-likeness (QED) is 0.523. The monoisotopic (exact) mass is 428 g/mol. The molecule has 0 radical (unpaired) electrons. The van der Waals surface area contributed by atoms with Crippen LogP contribution in [0.25, 0.3) is 11.4 Å². The number of halogens is 1. The van der Waals surface area contributed by atoms with Gasteiger partial charge in [0.2, 0.25) is 5.91 Å². The molecule has 0 aliphatic rings. The van der Waals surface area contributed by atoms with Crippen molar-refractivity contribution >= 4 is 23.4 Å². The molecule has 1 N–H and O–H groups in total. The highest BCUT2D eigenvalue weighted by Crippen LogP contribution is 2.28. The molecular weight excluding hydrogens is 403 g/mol. The molecule has 30 heavy (non-hydrogen) atoms. The lowest BCUT2D eigenvalue weighted by Gasteiger charge is -2.13. The third-order valence-electron chi connectivity index (χ3n) is 4.34. The van der Waals surface area contributed by atoms with E-state index in [4.69, 9.17) is 4.74 Å². The van der Waals surface area contributed by atoms with Gasteiger partial charge in [0.05, 0.1) is 24.1 Å². The largest absolute Gasteiger partial charge is 0.495 e. The Bertz CT molecular complexity index is 1040. The van der Waals surface area contributed by atoms with Crippen molar-refractivity contribution in [1.82, 2.24) is 14.8 Å². The van der Waals surface area contributed by atoms with Crippen molar-refractivity contribution in [2.24, 2.45) is 5.92 Å². The van der Waals surface area contributed by atoms with Gasteiger partial charge in [0.25, 0.3) is 0 Å². The molecule has 6 nitrogen and oxygen atoms in total. The summed E-state index contributed by atoms with van der Waals surface area (Å²) in [5.74, 6) is 0.973. The first-order valence-corrected chi connectivity index (χ1v) is 10.6. The van der Waals surface area contributed by atoms with Crippen LogP contribution in [0.2, 0.25) is 0 Å². The molecule has 3 aromatic rings. The molecule has 8 heteroatoms. The van der Waals surface area contributed by atoms with Gasteiger partial charge < -0.3 is 14.6 Å². The first-order valence-electron chi connectivity index (χ1n) is 9.64. The average Bonchev–Trinajstić information content (AvgIpc) is 3.08. The molecule has 0 unspecified atom stereocenters. The van der Waals surface area contributed by atoms with Crippen molar-refractivity contribution in [1.29, 1.82) is 0 Å². The Morgan fingerprint density at radius 3 is 2.70 bits per heavy atom. The van der Waals surface area contributed by atoms with Gasteiger partial charge in [-0.2, -0.15) is 0 Å². The van der Waals surface area contributed by atoms with E-state index in [1.807, 2.05) is 29.7 Å². The predicted octanol–water partition coefficient (Wildman–Crippen LogP) is 4.79. The zero-order valence-electron chi connectivity index (χ0n) is 17.5. The van der Waals surface area contributed by atoms with E-state index in [1.54, 1.807) is 25.3 Å². The second kappa shape index (κ2) is 9.75. The van der Waals surface area contributed by atoms with Gasteiger partial charge in [-0.3, -0.25) is 4.79 Å². The molecule has 1 aromatic heterocycles. The highest BCUT2D eigenvalue weighted by molar-refractivity contribution is 7.99. The number of hydrogen-bond acceptors (Lipinski definition) is 5. The molecule has 3 rings (SSSR count). The van der Waals surface area contributed by atoms with Crippen LogP contribution in [0.1, 0.15) is 19.4 Å². The Hall–Kier alpha value is -2.87. The minimum absolute atomic E-state index is 0.143. The number of nitrogens with zero attached hydrogens (tertiary/aromatic N) is 3. The van der Waals surface area contributed by atoms with Gasteiger partial charge >= 0.3 is 0 Å². The van der Waals surface area contributed by atoms with Crippen molar-refractivity contribution < 1.29 is 13.9 Å². The summed E-state index contributed by atoms with van der Waals surface area (Å²) in [4.78, 5) is 12.5. The lowest BCUT2D eigenvalue weighted by molar-refractivity contribution is -0.113. The second-order valence-electron chi connectivity index (χ2n) is 7.33. The fraction of sp³-hybridized carbons (Fsp3) is 0.318. The number of methoxy groups -OCH3 is 1. The van der Waals surface area contributed by atoms with Crippen LogP contribution in [0.15, 0.2) is 47.6 Å². The maximum absolute atomic E-state index is 14.3. The minimum atomic E-state index is -0.351. The summed E-state index contributed by atoms with van der Waals surface area (Å²) in [5, 5.41) is 11.9. The lowest BCUT2D eigenvalue weighted by Crippen LogP contribution is -2.16. The standard InChI is InChI=1S/C22H25FN4O2S/c1-14(2)12-27-21(16-7-5-6-8-17(16)23)25-26-22(27)30-13-20(28)24-18-11-15(3)9-10-19(18)29-4/h5-11,14H,12-13H2,1-4H3,(H,24,28). The second-order valence-corrected chi connectivity index (χ2v) is 8.27. The average molecular weight is 429 g/mol. The maximum atomic E-state index is 14.3. The van der Waals surface area contributed by atoms with E-state index in [9.17, 15) is 9.18 Å². The molecule has 0 atom stereocenters. The van der Waals surface area contributed by atoms with Crippen molar-refractivity contribution in [2.45, 2.75) is 32.5 Å². The summed E-state index contributed by atoms with van der Waals surface area (Å²) in [5.41, 5.74) is 2.04. The van der Waals surface area contributed by atoms with E-state index in [0.29, 0.717) is 40.4 Å². The van der Waals surface area contributed by atoms with E-state index in [2.05, 4.69) is 29.4 Å². The Labute approximate surface area is 179 Å². The number of carbonyl (C=O) groups is 1. The Balaban J connectivity index is 1.77. The predicted molar refractivity (Wildman–Crippen MR) is 117 cm³/mol. The van der Waals surface area contributed by atoms with Crippen LogP contribution in [0.3, 0.4) is 0 Å². The SMILES string of the molecule is COc1ccc(C)cc1NC(=O)CSc1nnc(-c2ccccc2F)n1CC(C)C. The summed E-state index contributed by atoms with van der Waals surface area (Å²) in [6, 6.07) is 12.1. The molecule has 0 bridgehead atoms. The fourth-order valence-electron chi connectivity index (χ4n) is 3.00. The Morgan fingerprint density at radius 1 is 1.23 bits per heavy atom. The van der Waals surface area contributed by atoms with Gasteiger partial charge in [-0.15, -0.1) is 10.2 Å². The van der Waals surface area contributed by atoms with Gasteiger partial charge in [0.1, 0.15) is 11.6 Å². The fourth-order valence-corrected chi connectivity index (χ4v) is 3.75. The minimum Gasteiger partial charge on any atom is -0.495 e. The van der Waals surface area contributed by atoms with Crippen LogP contribution in [0, 0.1) is 18.7 Å². The number of aryl methyl sites for hydroxylation is 1. The van der Waals surface area contributed by atoms with E-state index >= 15 is 0 Å². The summed E-state index contributed by atoms with van der Waals surface area (Å²) in [6.45, 7) is 6.70. The smallest absolute Gasteiger partial charge is 0.234 e. The van der Waals surface area contributed by atoms with Gasteiger partial charge in [0.15, 0.2) is 11.0 Å². The highest BCUT2D eigenvalue weighted by Gasteiger charge is 2.19. The third kappa shape index (κ3) is 5.18. The molecule has 2 aromatic carbocycles. The first kappa shape index (κ1) is 21.8. The Morgan fingerprint density at radius 2 is 2.00 bits per heavy atom. The van der Waals surface area contributed by atoms with E-state index < -0.39 is 0 Å². The zero-order valence-corrected chi connectivity index (χ0v) is 18.3. The van der Waals surface area contributed by atoms with Gasteiger partial charge in [0, 0.05) is 6.54 Å². The van der Waals surface area contributed by atoms with E-state index in [0.717, 1.165) is 5.56 Å². The van der Waals surface area contributed by atoms with E-state index in [1.165, 1.54) is 17.8 Å². The van der Waals surface area contributed by atoms with E-state index in [-0.39, 0.29) is 17.5 Å². The summed E-state index contributed by atoms with van der Waals surface area (Å²) < 4.78 is 21.5. The number of thioether (sulfide) groups is 1. The van der Waals surface area contributed by atoms with Crippen LogP contribution >= 0.6 is 11.8 Å². The topological polar surface area (TPSA) is 69.0 Å². The molecule has 1 amide bonds. The van der Waals surface area contributed by atoms with Crippen LogP contribution in [0.5, 0.6) is 5.75 Å². The van der Waals surface area contributed by atoms with Gasteiger partial charge in [-0.1, -0.05) is 43.8 Å². The number of ether oxygens (including phenoxy) is 1. The van der Waals surface area contributed by atoms with Crippen molar-refractivity contribution in [2.75, 3.05) is 18.2 Å². The molecule has 1 heterocycles. The number of amides is 1. The molecule has 0 saturated carbocycles. The number of carbonyl (C=O) groups excluding carboxylic acids is 1. The number of rotatable bonds is 8. The molecule has 0 saturated heterocycles. The molecule has 0 fully saturated rings. The Kier molecular flexibility index (Phi) is 7.10. The summed E-state index contributed by atoms with van der Waals surface area (Å²) in [6.07, 6.45) is 0. The van der Waals surface area contributed by atoms with Crippen LogP contribution in [-0.2, 0) is 11.3 Å².